The zero-order valence-corrected chi connectivity index (χ0v) is 11.4. The highest BCUT2D eigenvalue weighted by Crippen LogP contribution is 2.12. The molecule has 0 aliphatic heterocycles. The largest absolute Gasteiger partial charge is 1.00 e. The van der Waals surface area contributed by atoms with Crippen LogP contribution in [0, 0.1) is 6.92 Å². The highest BCUT2D eigenvalue weighted by molar-refractivity contribution is 7.07. The van der Waals surface area contributed by atoms with E-state index in [-0.39, 0.29) is 17.0 Å². The smallest absolute Gasteiger partial charge is 0.225 e. The van der Waals surface area contributed by atoms with Gasteiger partial charge in [-0.05, 0) is 5.56 Å². The predicted molar refractivity (Wildman–Crippen MR) is 60.7 cm³/mol. The Labute approximate surface area is 110 Å². The van der Waals surface area contributed by atoms with Crippen LogP contribution in [0.3, 0.4) is 0 Å². The van der Waals surface area contributed by atoms with Crippen molar-refractivity contribution in [3.8, 4) is 0 Å². The predicted octanol–water partition coefficient (Wildman–Crippen LogP) is -0.918. The number of rotatable bonds is 3. The van der Waals surface area contributed by atoms with E-state index < -0.39 is 6.10 Å². The molecule has 0 radical (unpaired) electrons. The molecule has 16 heavy (non-hydrogen) atoms. The Bertz CT molecular complexity index is 430. The van der Waals surface area contributed by atoms with Crippen LogP contribution in [0.5, 0.6) is 0 Å². The van der Waals surface area contributed by atoms with Gasteiger partial charge in [-0.1, -0.05) is 41.7 Å². The minimum absolute atomic E-state index is 0. The quantitative estimate of drug-likeness (QED) is 0.729. The Morgan fingerprint density at radius 2 is 2.00 bits per heavy atom. The van der Waals surface area contributed by atoms with E-state index in [0.717, 1.165) is 5.56 Å². The molecule has 0 amide bonds. The van der Waals surface area contributed by atoms with Crippen molar-refractivity contribution in [2.24, 2.45) is 0 Å². The summed E-state index contributed by atoms with van der Waals surface area (Å²) in [4.78, 5) is 0. The third-order valence-corrected chi connectivity index (χ3v) is 3.29. The fourth-order valence-electron chi connectivity index (χ4n) is 1.51. The molecule has 0 spiro atoms. The van der Waals surface area contributed by atoms with Crippen LogP contribution >= 0.6 is 11.3 Å². The van der Waals surface area contributed by atoms with Gasteiger partial charge in [-0.25, -0.2) is 0 Å². The van der Waals surface area contributed by atoms with Crippen molar-refractivity contribution in [3.05, 3.63) is 52.5 Å². The molecule has 2 nitrogen and oxygen atoms in total. The van der Waals surface area contributed by atoms with Crippen LogP contribution in [0.15, 0.2) is 41.2 Å². The molecule has 0 aliphatic carbocycles. The number of hydrogen-bond donors (Lipinski definition) is 1. The number of thiazole rings is 1. The number of hydrogen-bond acceptors (Lipinski definition) is 2. The van der Waals surface area contributed by atoms with E-state index in [1.165, 1.54) is 5.69 Å². The maximum Gasteiger partial charge on any atom is 0.225 e. The highest BCUT2D eigenvalue weighted by atomic mass is 79.9. The van der Waals surface area contributed by atoms with E-state index in [9.17, 15) is 5.11 Å². The van der Waals surface area contributed by atoms with Crippen molar-refractivity contribution in [2.75, 3.05) is 0 Å². The Morgan fingerprint density at radius 1 is 1.31 bits per heavy atom. The average molecular weight is 300 g/mol. The fraction of sp³-hybridized carbons (Fsp3) is 0.250. The second-order valence-electron chi connectivity index (χ2n) is 3.58. The molecule has 0 saturated carbocycles. The molecular weight excluding hydrogens is 286 g/mol. The number of benzene rings is 1. The van der Waals surface area contributed by atoms with E-state index in [1.807, 2.05) is 42.8 Å². The SMILES string of the molecule is Cc1csc[n+]1CC(O)c1ccccc1.[Br-]. The lowest BCUT2D eigenvalue weighted by Crippen LogP contribution is -3.00. The Kier molecular flexibility index (Phi) is 5.12. The molecule has 0 saturated heterocycles. The van der Waals surface area contributed by atoms with Crippen molar-refractivity contribution in [3.63, 3.8) is 0 Å². The first-order chi connectivity index (χ1) is 7.27. The first-order valence-corrected chi connectivity index (χ1v) is 5.87. The van der Waals surface area contributed by atoms with E-state index in [1.54, 1.807) is 11.3 Å². The number of aliphatic hydroxyl groups is 1. The lowest BCUT2D eigenvalue weighted by atomic mass is 10.1. The fourth-order valence-corrected chi connectivity index (χ4v) is 2.30. The second kappa shape index (κ2) is 6.13. The molecule has 86 valence electrons. The first kappa shape index (κ1) is 13.4. The number of nitrogens with zero attached hydrogens (tertiary/aromatic N) is 1. The zero-order valence-electron chi connectivity index (χ0n) is 9.01. The Morgan fingerprint density at radius 3 is 2.56 bits per heavy atom. The zero-order chi connectivity index (χ0) is 10.7. The monoisotopic (exact) mass is 299 g/mol. The summed E-state index contributed by atoms with van der Waals surface area (Å²) in [6.45, 7) is 2.67. The van der Waals surface area contributed by atoms with Crippen LogP contribution in [0.25, 0.3) is 0 Å². The summed E-state index contributed by atoms with van der Waals surface area (Å²) in [5.74, 6) is 0. The molecule has 0 fully saturated rings. The van der Waals surface area contributed by atoms with E-state index in [0.29, 0.717) is 6.54 Å². The van der Waals surface area contributed by atoms with Gasteiger partial charge in [0.25, 0.3) is 0 Å². The van der Waals surface area contributed by atoms with Gasteiger partial charge >= 0.3 is 0 Å². The molecule has 2 rings (SSSR count). The number of aliphatic hydroxyl groups excluding tert-OH is 1. The standard InChI is InChI=1S/C12H14NOS.BrH/c1-10-8-15-9-13(10)7-12(14)11-5-3-2-4-6-11;/h2-6,8-9,12,14H,7H2,1H3;1H/q+1;/p-1. The Balaban J connectivity index is 0.00000128. The minimum Gasteiger partial charge on any atom is -1.00 e. The number of aromatic nitrogens is 1. The van der Waals surface area contributed by atoms with Crippen LogP contribution in [-0.2, 0) is 6.54 Å². The third-order valence-electron chi connectivity index (χ3n) is 2.43. The topological polar surface area (TPSA) is 24.1 Å². The lowest BCUT2D eigenvalue weighted by Gasteiger charge is -2.06. The molecule has 1 unspecified atom stereocenters. The molecule has 1 heterocycles. The van der Waals surface area contributed by atoms with Gasteiger partial charge in [-0.3, -0.25) is 0 Å². The molecule has 2 aromatic rings. The lowest BCUT2D eigenvalue weighted by molar-refractivity contribution is -0.705. The first-order valence-electron chi connectivity index (χ1n) is 4.92. The number of aryl methyl sites for hydroxylation is 1. The number of halogens is 1. The Hall–Kier alpha value is -0.710. The summed E-state index contributed by atoms with van der Waals surface area (Å²) in [5, 5.41) is 12.1. The molecule has 1 aromatic carbocycles. The van der Waals surface area contributed by atoms with Crippen molar-refractivity contribution in [2.45, 2.75) is 19.6 Å². The molecule has 1 aromatic heterocycles. The van der Waals surface area contributed by atoms with Gasteiger partial charge in [-0.15, -0.1) is 0 Å². The molecule has 1 N–H and O–H groups in total. The third kappa shape index (κ3) is 3.14. The normalized spacial score (nSPS) is 11.9. The molecular formula is C12H14BrNOS. The minimum atomic E-state index is -0.426. The van der Waals surface area contributed by atoms with Crippen molar-refractivity contribution >= 4 is 11.3 Å². The summed E-state index contributed by atoms with van der Waals surface area (Å²) in [6.07, 6.45) is -0.426. The van der Waals surface area contributed by atoms with Gasteiger partial charge in [0.05, 0.1) is 5.38 Å². The van der Waals surface area contributed by atoms with Gasteiger partial charge in [0, 0.05) is 6.92 Å². The molecule has 4 heteroatoms. The summed E-state index contributed by atoms with van der Waals surface area (Å²) in [5.41, 5.74) is 4.19. The van der Waals surface area contributed by atoms with Crippen LogP contribution < -0.4 is 21.5 Å². The second-order valence-corrected chi connectivity index (χ2v) is 4.30. The van der Waals surface area contributed by atoms with Gasteiger partial charge in [0.2, 0.25) is 5.51 Å². The molecule has 0 bridgehead atoms. The average Bonchev–Trinajstić information content (AvgIpc) is 2.66. The van der Waals surface area contributed by atoms with E-state index in [2.05, 4.69) is 9.95 Å². The van der Waals surface area contributed by atoms with Gasteiger partial charge < -0.3 is 22.1 Å². The van der Waals surface area contributed by atoms with E-state index >= 15 is 0 Å². The van der Waals surface area contributed by atoms with Gasteiger partial charge in [0.15, 0.2) is 12.2 Å². The van der Waals surface area contributed by atoms with Crippen molar-refractivity contribution in [1.82, 2.24) is 0 Å². The summed E-state index contributed by atoms with van der Waals surface area (Å²) in [6, 6.07) is 9.76. The van der Waals surface area contributed by atoms with Crippen LogP contribution in [-0.4, -0.2) is 5.11 Å². The van der Waals surface area contributed by atoms with Crippen molar-refractivity contribution < 1.29 is 26.7 Å². The maximum atomic E-state index is 10.0. The van der Waals surface area contributed by atoms with Gasteiger partial charge in [0.1, 0.15) is 6.10 Å². The van der Waals surface area contributed by atoms with Crippen LogP contribution in [0.1, 0.15) is 17.4 Å². The van der Waals surface area contributed by atoms with Crippen LogP contribution in [0.4, 0.5) is 0 Å². The van der Waals surface area contributed by atoms with Crippen LogP contribution in [0.2, 0.25) is 0 Å². The highest BCUT2D eigenvalue weighted by Gasteiger charge is 2.15. The maximum absolute atomic E-state index is 10.0. The van der Waals surface area contributed by atoms with Gasteiger partial charge in [-0.2, -0.15) is 4.57 Å². The summed E-state index contributed by atoms with van der Waals surface area (Å²) in [7, 11) is 0. The van der Waals surface area contributed by atoms with Crippen molar-refractivity contribution in [1.29, 1.82) is 0 Å². The van der Waals surface area contributed by atoms with E-state index in [4.69, 9.17) is 0 Å². The molecule has 1 atom stereocenters. The molecule has 0 aliphatic rings. The summed E-state index contributed by atoms with van der Waals surface area (Å²) < 4.78 is 2.07. The summed E-state index contributed by atoms with van der Waals surface area (Å²) >= 11 is 1.66.